The highest BCUT2D eigenvalue weighted by molar-refractivity contribution is 7.91. The van der Waals surface area contributed by atoms with Crippen LogP contribution in [0.1, 0.15) is 0 Å². The van der Waals surface area contributed by atoms with Crippen molar-refractivity contribution >= 4 is 21.4 Å². The Balaban J connectivity index is 2.30. The van der Waals surface area contributed by atoms with E-state index in [1.807, 2.05) is 0 Å². The number of hydrogen-bond donors (Lipinski definition) is 1. The molecule has 0 fully saturated rings. The summed E-state index contributed by atoms with van der Waals surface area (Å²) in [4.78, 5) is 15.2. The fourth-order valence-corrected chi connectivity index (χ4v) is 2.72. The molecule has 1 aromatic carbocycles. The number of carbonyl (C=O) groups is 1. The van der Waals surface area contributed by atoms with E-state index in [9.17, 15) is 13.2 Å². The molecule has 1 amide bonds. The number of nitrogens with zero attached hydrogens (tertiary/aromatic N) is 1. The number of sulfone groups is 1. The summed E-state index contributed by atoms with van der Waals surface area (Å²) in [6.45, 7) is 3.32. The Bertz CT molecular complexity index is 723. The minimum absolute atomic E-state index is 0.0692. The van der Waals surface area contributed by atoms with Crippen LogP contribution >= 0.6 is 0 Å². The van der Waals surface area contributed by atoms with Gasteiger partial charge in [-0.1, -0.05) is 24.8 Å². The van der Waals surface area contributed by atoms with Gasteiger partial charge in [-0.05, 0) is 30.3 Å². The first-order chi connectivity index (χ1) is 9.54. The topological polar surface area (TPSA) is 76.1 Å². The smallest absolute Gasteiger partial charge is 0.247 e. The van der Waals surface area contributed by atoms with E-state index < -0.39 is 9.84 Å². The maximum Gasteiger partial charge on any atom is 0.247 e. The van der Waals surface area contributed by atoms with E-state index in [0.29, 0.717) is 5.69 Å². The molecule has 20 heavy (non-hydrogen) atoms. The minimum Gasteiger partial charge on any atom is -0.321 e. The molecule has 1 aromatic heterocycles. The molecule has 0 aliphatic heterocycles. The van der Waals surface area contributed by atoms with E-state index >= 15 is 0 Å². The van der Waals surface area contributed by atoms with Gasteiger partial charge in [-0.25, -0.2) is 13.4 Å². The molecule has 0 aliphatic rings. The predicted octanol–water partition coefficient (Wildman–Crippen LogP) is 2.04. The second-order valence-electron chi connectivity index (χ2n) is 3.89. The van der Waals surface area contributed by atoms with Crippen LogP contribution in [0.2, 0.25) is 0 Å². The van der Waals surface area contributed by atoms with Gasteiger partial charge in [-0.3, -0.25) is 4.79 Å². The zero-order valence-electron chi connectivity index (χ0n) is 10.5. The first-order valence-electron chi connectivity index (χ1n) is 5.73. The highest BCUT2D eigenvalue weighted by atomic mass is 32.2. The summed E-state index contributed by atoms with van der Waals surface area (Å²) in [6, 6.07) is 10.9. The summed E-state index contributed by atoms with van der Waals surface area (Å²) < 4.78 is 24.5. The maximum atomic E-state index is 12.3. The molecule has 0 spiro atoms. The fourth-order valence-electron chi connectivity index (χ4n) is 1.53. The lowest BCUT2D eigenvalue weighted by molar-refractivity contribution is -0.111. The zero-order chi connectivity index (χ0) is 14.6. The standard InChI is InChI=1S/C14H12N2O3S/c1-2-13(17)16-11-8-9-14(15-10-11)20(18,19)12-6-4-3-5-7-12/h2-10H,1H2,(H,16,17). The molecule has 0 saturated heterocycles. The highest BCUT2D eigenvalue weighted by Gasteiger charge is 2.18. The van der Waals surface area contributed by atoms with Gasteiger partial charge in [0.15, 0.2) is 5.03 Å². The van der Waals surface area contributed by atoms with Crippen molar-refractivity contribution in [2.75, 3.05) is 5.32 Å². The summed E-state index contributed by atoms with van der Waals surface area (Å²) >= 11 is 0. The molecule has 0 bridgehead atoms. The molecule has 2 aromatic rings. The van der Waals surface area contributed by atoms with E-state index in [4.69, 9.17) is 0 Å². The summed E-state index contributed by atoms with van der Waals surface area (Å²) in [5.41, 5.74) is 0.405. The number of anilines is 1. The van der Waals surface area contributed by atoms with Crippen molar-refractivity contribution in [1.29, 1.82) is 0 Å². The Morgan fingerprint density at radius 2 is 1.85 bits per heavy atom. The van der Waals surface area contributed by atoms with Crippen LogP contribution in [0.5, 0.6) is 0 Å². The Hall–Kier alpha value is -2.47. The number of aromatic nitrogens is 1. The highest BCUT2D eigenvalue weighted by Crippen LogP contribution is 2.19. The van der Waals surface area contributed by atoms with Gasteiger partial charge < -0.3 is 5.32 Å². The third-order valence-electron chi connectivity index (χ3n) is 2.52. The van der Waals surface area contributed by atoms with Crippen molar-refractivity contribution in [3.63, 3.8) is 0 Å². The third-order valence-corrected chi connectivity index (χ3v) is 4.20. The Morgan fingerprint density at radius 1 is 1.15 bits per heavy atom. The van der Waals surface area contributed by atoms with Crippen LogP contribution in [0.15, 0.2) is 71.2 Å². The number of hydrogen-bond acceptors (Lipinski definition) is 4. The van der Waals surface area contributed by atoms with Crippen LogP contribution in [0.3, 0.4) is 0 Å². The van der Waals surface area contributed by atoms with E-state index in [-0.39, 0.29) is 15.8 Å². The molecular weight excluding hydrogens is 276 g/mol. The monoisotopic (exact) mass is 288 g/mol. The molecule has 0 saturated carbocycles. The summed E-state index contributed by atoms with van der Waals surface area (Å²) in [6.07, 6.45) is 2.41. The second-order valence-corrected chi connectivity index (χ2v) is 5.79. The number of carbonyl (C=O) groups excluding carboxylic acids is 1. The van der Waals surface area contributed by atoms with Crippen molar-refractivity contribution in [3.05, 3.63) is 61.3 Å². The van der Waals surface area contributed by atoms with Gasteiger partial charge in [0.05, 0.1) is 16.8 Å². The van der Waals surface area contributed by atoms with Crippen molar-refractivity contribution < 1.29 is 13.2 Å². The molecule has 0 radical (unpaired) electrons. The largest absolute Gasteiger partial charge is 0.321 e. The normalized spacial score (nSPS) is 10.8. The molecule has 5 nitrogen and oxygen atoms in total. The van der Waals surface area contributed by atoms with Gasteiger partial charge in [0.25, 0.3) is 0 Å². The van der Waals surface area contributed by atoms with Gasteiger partial charge in [0.1, 0.15) is 0 Å². The average Bonchev–Trinajstić information content (AvgIpc) is 2.48. The van der Waals surface area contributed by atoms with Crippen molar-refractivity contribution in [2.24, 2.45) is 0 Å². The van der Waals surface area contributed by atoms with E-state index in [2.05, 4.69) is 16.9 Å². The summed E-state index contributed by atoms with van der Waals surface area (Å²) in [5.74, 6) is -0.384. The van der Waals surface area contributed by atoms with Crippen LogP contribution in [-0.2, 0) is 14.6 Å². The van der Waals surface area contributed by atoms with Crippen LogP contribution in [0.25, 0.3) is 0 Å². The minimum atomic E-state index is -3.63. The zero-order valence-corrected chi connectivity index (χ0v) is 11.3. The number of pyridine rings is 1. The molecule has 0 aliphatic carbocycles. The Kier molecular flexibility index (Phi) is 3.95. The summed E-state index contributed by atoms with van der Waals surface area (Å²) in [7, 11) is -3.63. The molecule has 6 heteroatoms. The lowest BCUT2D eigenvalue weighted by Gasteiger charge is -2.05. The van der Waals surface area contributed by atoms with Gasteiger partial charge in [0, 0.05) is 0 Å². The molecule has 102 valence electrons. The number of rotatable bonds is 4. The van der Waals surface area contributed by atoms with Crippen molar-refractivity contribution in [3.8, 4) is 0 Å². The number of benzene rings is 1. The molecule has 0 unspecified atom stereocenters. The predicted molar refractivity (Wildman–Crippen MR) is 75.0 cm³/mol. The van der Waals surface area contributed by atoms with E-state index in [1.165, 1.54) is 30.5 Å². The first-order valence-corrected chi connectivity index (χ1v) is 7.22. The van der Waals surface area contributed by atoms with Crippen LogP contribution in [-0.4, -0.2) is 19.3 Å². The molecule has 1 heterocycles. The Labute approximate surface area is 116 Å². The second kappa shape index (κ2) is 5.66. The SMILES string of the molecule is C=CC(=O)Nc1ccc(S(=O)(=O)c2ccccc2)nc1. The maximum absolute atomic E-state index is 12.3. The number of nitrogens with one attached hydrogen (secondary N) is 1. The van der Waals surface area contributed by atoms with Gasteiger partial charge in [-0.2, -0.15) is 0 Å². The quantitative estimate of drug-likeness (QED) is 0.873. The van der Waals surface area contributed by atoms with Crippen LogP contribution < -0.4 is 5.32 Å². The molecule has 1 N–H and O–H groups in total. The van der Waals surface area contributed by atoms with Crippen LogP contribution in [0, 0.1) is 0 Å². The Morgan fingerprint density at radius 3 is 2.40 bits per heavy atom. The third kappa shape index (κ3) is 2.92. The van der Waals surface area contributed by atoms with E-state index in [1.54, 1.807) is 18.2 Å². The van der Waals surface area contributed by atoms with Crippen molar-refractivity contribution in [1.82, 2.24) is 4.98 Å². The fraction of sp³-hybridized carbons (Fsp3) is 0. The molecule has 2 rings (SSSR count). The molecule has 0 atom stereocenters. The van der Waals surface area contributed by atoms with Crippen LogP contribution in [0.4, 0.5) is 5.69 Å². The lowest BCUT2D eigenvalue weighted by Crippen LogP contribution is -2.09. The number of amides is 1. The average molecular weight is 288 g/mol. The summed E-state index contributed by atoms with van der Waals surface area (Å²) in [5, 5.41) is 2.43. The van der Waals surface area contributed by atoms with Gasteiger partial charge in [0.2, 0.25) is 15.7 Å². The van der Waals surface area contributed by atoms with Gasteiger partial charge in [-0.15, -0.1) is 0 Å². The van der Waals surface area contributed by atoms with Gasteiger partial charge >= 0.3 is 0 Å². The molecular formula is C14H12N2O3S. The lowest BCUT2D eigenvalue weighted by atomic mass is 10.4. The first kappa shape index (κ1) is 14.0. The van der Waals surface area contributed by atoms with Crippen molar-refractivity contribution in [2.45, 2.75) is 9.92 Å². The van der Waals surface area contributed by atoms with E-state index in [0.717, 1.165) is 6.08 Å².